The Morgan fingerprint density at radius 1 is 0.882 bits per heavy atom. The van der Waals surface area contributed by atoms with E-state index in [-0.39, 0.29) is 37.7 Å². The van der Waals surface area contributed by atoms with Gasteiger partial charge >= 0.3 is 54.2 Å². The van der Waals surface area contributed by atoms with Gasteiger partial charge in [-0.25, -0.2) is 0 Å². The first-order valence-electron chi connectivity index (χ1n) is 5.09. The van der Waals surface area contributed by atoms with E-state index in [4.69, 9.17) is 0 Å². The summed E-state index contributed by atoms with van der Waals surface area (Å²) in [5, 5.41) is 0. The van der Waals surface area contributed by atoms with E-state index >= 15 is 0 Å². The zero-order valence-corrected chi connectivity index (χ0v) is 14.3. The number of hydrogen-bond acceptors (Lipinski definition) is 6. The Bertz CT molecular complexity index is 173. The summed E-state index contributed by atoms with van der Waals surface area (Å²) in [5.74, 6) is 0. The molecule has 2 atom stereocenters. The molecule has 2 unspecified atom stereocenters. The minimum absolute atomic E-state index is 0. The van der Waals surface area contributed by atoms with Crippen molar-refractivity contribution < 1.29 is 28.0 Å². The molecule has 0 saturated heterocycles. The Kier molecular flexibility index (Phi) is 27.0. The topological polar surface area (TPSA) is 98.7 Å². The standard InChI is InChI=1S/2C4H9O3P.Ca/c2*1-2-3-4-7-8(5)6;/h2*2-4H2,1H3;/q;;+2. The summed E-state index contributed by atoms with van der Waals surface area (Å²) in [5.41, 5.74) is 0. The van der Waals surface area contributed by atoms with Gasteiger partial charge in [-0.3, -0.25) is 0 Å². The van der Waals surface area contributed by atoms with E-state index in [2.05, 4.69) is 9.05 Å². The molecule has 0 aromatic carbocycles. The molecule has 0 aromatic rings. The van der Waals surface area contributed by atoms with Crippen molar-refractivity contribution >= 4 is 54.2 Å². The van der Waals surface area contributed by atoms with Gasteiger partial charge in [-0.2, -0.15) is 0 Å². The van der Waals surface area contributed by atoms with Crippen molar-refractivity contribution in [2.75, 3.05) is 13.2 Å². The Hall–Kier alpha value is 1.30. The second-order valence-corrected chi connectivity index (χ2v) is 4.23. The fourth-order valence-electron chi connectivity index (χ4n) is 0.567. The van der Waals surface area contributed by atoms with Crippen molar-refractivity contribution in [1.29, 1.82) is 0 Å². The largest absolute Gasteiger partial charge is 2.00 e. The molecular weight excluding hydrogens is 294 g/mol. The van der Waals surface area contributed by atoms with Gasteiger partial charge in [-0.1, -0.05) is 26.7 Å². The number of unbranched alkanes of at least 4 members (excludes halogenated alkanes) is 2. The molecule has 0 amide bonds. The molecule has 0 spiro atoms. The molecule has 6 nitrogen and oxygen atoms in total. The summed E-state index contributed by atoms with van der Waals surface area (Å²) in [6.07, 6.45) is 3.54. The minimum atomic E-state index is -2.61. The van der Waals surface area contributed by atoms with E-state index in [0.29, 0.717) is 13.2 Å². The van der Waals surface area contributed by atoms with Gasteiger partial charge in [0.15, 0.2) is 0 Å². The Labute approximate surface area is 134 Å². The van der Waals surface area contributed by atoms with Crippen LogP contribution < -0.4 is 9.79 Å². The minimum Gasteiger partial charge on any atom is -0.566 e. The van der Waals surface area contributed by atoms with E-state index in [1.54, 1.807) is 0 Å². The molecule has 17 heavy (non-hydrogen) atoms. The van der Waals surface area contributed by atoms with Crippen LogP contribution in [0.25, 0.3) is 0 Å². The quantitative estimate of drug-likeness (QED) is 0.380. The van der Waals surface area contributed by atoms with Crippen molar-refractivity contribution in [2.24, 2.45) is 0 Å². The van der Waals surface area contributed by atoms with Crippen molar-refractivity contribution in [2.45, 2.75) is 39.5 Å². The molecule has 0 fully saturated rings. The smallest absolute Gasteiger partial charge is 0.566 e. The summed E-state index contributed by atoms with van der Waals surface area (Å²) < 4.78 is 27.8. The molecule has 96 valence electrons. The molecule has 0 saturated carbocycles. The van der Waals surface area contributed by atoms with Gasteiger partial charge in [0.25, 0.3) is 0 Å². The predicted molar refractivity (Wildman–Crippen MR) is 62.7 cm³/mol. The summed E-state index contributed by atoms with van der Waals surface area (Å²) in [4.78, 5) is 19.4. The second kappa shape index (κ2) is 19.6. The van der Waals surface area contributed by atoms with Crippen molar-refractivity contribution in [3.05, 3.63) is 0 Å². The van der Waals surface area contributed by atoms with Crippen LogP contribution in [0.1, 0.15) is 39.5 Å². The first-order valence-corrected chi connectivity index (χ1v) is 7.28. The molecule has 0 aromatic heterocycles. The summed E-state index contributed by atoms with van der Waals surface area (Å²) in [6, 6.07) is 0. The zero-order valence-electron chi connectivity index (χ0n) is 10.3. The fraction of sp³-hybridized carbons (Fsp3) is 1.00. The van der Waals surface area contributed by atoms with Crippen molar-refractivity contribution in [1.82, 2.24) is 0 Å². The van der Waals surface area contributed by atoms with Gasteiger partial charge in [0.1, 0.15) is 13.2 Å². The van der Waals surface area contributed by atoms with Gasteiger partial charge in [-0.05, 0) is 22.0 Å². The maximum Gasteiger partial charge on any atom is 2.00 e. The molecule has 0 aliphatic heterocycles. The first kappa shape index (κ1) is 23.4. The zero-order chi connectivity index (χ0) is 12.8. The number of hydrogen-bond donors (Lipinski definition) is 0. The van der Waals surface area contributed by atoms with E-state index < -0.39 is 16.5 Å². The molecule has 0 N–H and O–H groups in total. The van der Waals surface area contributed by atoms with Gasteiger partial charge in [0.2, 0.25) is 0 Å². The van der Waals surface area contributed by atoms with E-state index in [0.717, 1.165) is 25.7 Å². The van der Waals surface area contributed by atoms with E-state index in [9.17, 15) is 18.9 Å². The molecule has 0 rings (SSSR count). The third-order valence-electron chi connectivity index (χ3n) is 1.39. The maximum absolute atomic E-state index is 9.69. The SMILES string of the molecule is CCCCO[P+](=O)[O-].CCCCO[P+](=O)[O-].[Ca+2]. The van der Waals surface area contributed by atoms with E-state index in [1.807, 2.05) is 13.8 Å². The molecule has 0 bridgehead atoms. The van der Waals surface area contributed by atoms with Crippen molar-refractivity contribution in [3.63, 3.8) is 0 Å². The van der Waals surface area contributed by atoms with Crippen molar-refractivity contribution in [3.8, 4) is 0 Å². The monoisotopic (exact) mass is 312 g/mol. The van der Waals surface area contributed by atoms with Crippen LogP contribution in [0.2, 0.25) is 0 Å². The van der Waals surface area contributed by atoms with E-state index in [1.165, 1.54) is 0 Å². The van der Waals surface area contributed by atoms with Crippen LogP contribution in [0.5, 0.6) is 0 Å². The van der Waals surface area contributed by atoms with Crippen LogP contribution in [-0.4, -0.2) is 51.0 Å². The Balaban J connectivity index is -0.000000218. The third-order valence-corrected chi connectivity index (χ3v) is 2.18. The first-order chi connectivity index (χ1) is 7.54. The van der Waals surface area contributed by atoms with Crippen LogP contribution in [0, 0.1) is 0 Å². The molecule has 9 heteroatoms. The summed E-state index contributed by atoms with van der Waals surface area (Å²) in [6.45, 7) is 4.60. The number of rotatable bonds is 8. The average Bonchev–Trinajstić information content (AvgIpc) is 2.18. The summed E-state index contributed by atoms with van der Waals surface area (Å²) in [7, 11) is -5.22. The van der Waals surface area contributed by atoms with Gasteiger partial charge in [0, 0.05) is 0 Å². The van der Waals surface area contributed by atoms with Crippen LogP contribution in [0.15, 0.2) is 0 Å². The maximum atomic E-state index is 9.69. The third kappa shape index (κ3) is 31.7. The van der Waals surface area contributed by atoms with Crippen LogP contribution >= 0.6 is 16.5 Å². The molecular formula is C8H18CaO6P2+2. The van der Waals surface area contributed by atoms with Gasteiger partial charge < -0.3 is 9.79 Å². The van der Waals surface area contributed by atoms with Gasteiger partial charge in [-0.15, -0.1) is 9.05 Å². The predicted octanol–water partition coefficient (Wildman–Crippen LogP) is 1.26. The summed E-state index contributed by atoms with van der Waals surface area (Å²) >= 11 is 0. The molecule has 0 aliphatic carbocycles. The van der Waals surface area contributed by atoms with Crippen LogP contribution in [-0.2, 0) is 18.2 Å². The Morgan fingerprint density at radius 3 is 1.35 bits per heavy atom. The average molecular weight is 312 g/mol. The molecule has 0 aliphatic rings. The van der Waals surface area contributed by atoms with Gasteiger partial charge in [0.05, 0.1) is 0 Å². The fourth-order valence-corrected chi connectivity index (χ4v) is 1.12. The Morgan fingerprint density at radius 2 is 1.18 bits per heavy atom. The molecule has 0 heterocycles. The second-order valence-electron chi connectivity index (χ2n) is 2.82. The normalized spacial score (nSPS) is 10.8. The van der Waals surface area contributed by atoms with Crippen LogP contribution in [0.4, 0.5) is 0 Å². The molecule has 0 radical (unpaired) electrons. The van der Waals surface area contributed by atoms with Crippen LogP contribution in [0.3, 0.4) is 0 Å².